The summed E-state index contributed by atoms with van der Waals surface area (Å²) in [5.41, 5.74) is 7.11. The number of fused-ring (bicyclic) bond motifs is 2. The van der Waals surface area contributed by atoms with Crippen LogP contribution in [0, 0.1) is 6.92 Å². The standard InChI is InChI=1S/C29H33N5O/c1-3-22-16-24(19-33-18-21(2)30-29(22)33)23-6-4-9-26-10-11-27(20-34(26)28(35)17-23)32-14-12-31(13-15-32)25-7-5-8-25/h4,6,9-11,16-20,25H,3,5,7-8,12-15H2,1-2H3/b6-4+,23-17+,26-9+. The Hall–Kier alpha value is -3.38. The normalized spacial score (nSPS) is 25.2. The van der Waals surface area contributed by atoms with Crippen LogP contribution in [0.3, 0.4) is 0 Å². The van der Waals surface area contributed by atoms with Crippen LogP contribution in [0.25, 0.3) is 11.2 Å². The van der Waals surface area contributed by atoms with Gasteiger partial charge in [0.2, 0.25) is 0 Å². The zero-order valence-corrected chi connectivity index (χ0v) is 20.7. The second-order valence-corrected chi connectivity index (χ2v) is 9.97. The first-order valence-corrected chi connectivity index (χ1v) is 12.9. The number of amides is 1. The van der Waals surface area contributed by atoms with Crippen LogP contribution < -0.4 is 0 Å². The molecule has 0 bridgehead atoms. The van der Waals surface area contributed by atoms with Gasteiger partial charge in [0, 0.05) is 62.6 Å². The molecule has 0 N–H and O–H groups in total. The lowest BCUT2D eigenvalue weighted by molar-refractivity contribution is -0.122. The van der Waals surface area contributed by atoms with Crippen LogP contribution in [0.2, 0.25) is 0 Å². The first kappa shape index (κ1) is 22.1. The summed E-state index contributed by atoms with van der Waals surface area (Å²) < 4.78 is 2.08. The molecule has 0 spiro atoms. The van der Waals surface area contributed by atoms with E-state index in [0.717, 1.165) is 72.5 Å². The van der Waals surface area contributed by atoms with Crippen molar-refractivity contribution in [3.05, 3.63) is 89.3 Å². The summed E-state index contributed by atoms with van der Waals surface area (Å²) in [6.07, 6.45) is 23.2. The van der Waals surface area contributed by atoms with Crippen molar-refractivity contribution in [2.75, 3.05) is 26.2 Å². The Balaban J connectivity index is 1.26. The molecule has 6 rings (SSSR count). The highest BCUT2D eigenvalue weighted by Gasteiger charge is 2.29. The van der Waals surface area contributed by atoms with E-state index in [9.17, 15) is 4.79 Å². The van der Waals surface area contributed by atoms with Crippen LogP contribution in [-0.4, -0.2) is 62.2 Å². The second kappa shape index (κ2) is 9.00. The molecule has 0 unspecified atom stereocenters. The maximum absolute atomic E-state index is 13.5. The van der Waals surface area contributed by atoms with Crippen LogP contribution in [0.15, 0.2) is 72.5 Å². The van der Waals surface area contributed by atoms with E-state index in [1.807, 2.05) is 37.5 Å². The van der Waals surface area contributed by atoms with Crippen LogP contribution in [-0.2, 0) is 11.2 Å². The quantitative estimate of drug-likeness (QED) is 0.666. The van der Waals surface area contributed by atoms with E-state index < -0.39 is 0 Å². The summed E-state index contributed by atoms with van der Waals surface area (Å²) in [5.74, 6) is -0.0227. The van der Waals surface area contributed by atoms with Gasteiger partial charge in [0.05, 0.1) is 11.4 Å². The average Bonchev–Trinajstić information content (AvgIpc) is 3.21. The lowest BCUT2D eigenvalue weighted by Gasteiger charge is -2.44. The third kappa shape index (κ3) is 4.16. The molecular weight excluding hydrogens is 434 g/mol. The third-order valence-corrected chi connectivity index (χ3v) is 7.76. The average molecular weight is 468 g/mol. The number of imidazole rings is 1. The summed E-state index contributed by atoms with van der Waals surface area (Å²) in [4.78, 5) is 25.0. The number of hydrogen-bond donors (Lipinski definition) is 0. The van der Waals surface area contributed by atoms with Crippen LogP contribution in [0.5, 0.6) is 0 Å². The molecule has 180 valence electrons. The van der Waals surface area contributed by atoms with E-state index >= 15 is 0 Å². The van der Waals surface area contributed by atoms with Gasteiger partial charge in [-0.05, 0) is 67.2 Å². The summed E-state index contributed by atoms with van der Waals surface area (Å²) >= 11 is 0. The first-order valence-electron chi connectivity index (χ1n) is 12.9. The topological polar surface area (TPSA) is 44.1 Å². The Morgan fingerprint density at radius 2 is 1.83 bits per heavy atom. The van der Waals surface area contributed by atoms with Gasteiger partial charge < -0.3 is 9.30 Å². The highest BCUT2D eigenvalue weighted by Crippen LogP contribution is 2.29. The zero-order valence-electron chi connectivity index (χ0n) is 20.7. The van der Waals surface area contributed by atoms with Crippen molar-refractivity contribution in [2.45, 2.75) is 45.6 Å². The molecular formula is C29H33N5O. The molecule has 4 aliphatic rings. The summed E-state index contributed by atoms with van der Waals surface area (Å²) in [6, 6.07) is 2.96. The Bertz CT molecular complexity index is 1310. The summed E-state index contributed by atoms with van der Waals surface area (Å²) in [5, 5.41) is 0. The molecule has 3 aliphatic heterocycles. The summed E-state index contributed by atoms with van der Waals surface area (Å²) in [7, 11) is 0. The zero-order chi connectivity index (χ0) is 23.9. The highest BCUT2D eigenvalue weighted by molar-refractivity contribution is 6.00. The number of pyridine rings is 1. The Kier molecular flexibility index (Phi) is 5.69. The van der Waals surface area contributed by atoms with E-state index in [0.29, 0.717) is 0 Å². The highest BCUT2D eigenvalue weighted by atomic mass is 16.2. The third-order valence-electron chi connectivity index (χ3n) is 7.76. The number of rotatable bonds is 4. The van der Waals surface area contributed by atoms with E-state index in [1.165, 1.54) is 24.8 Å². The minimum Gasteiger partial charge on any atom is -0.368 e. The van der Waals surface area contributed by atoms with Gasteiger partial charge >= 0.3 is 0 Å². The van der Waals surface area contributed by atoms with Crippen molar-refractivity contribution in [2.24, 2.45) is 0 Å². The van der Waals surface area contributed by atoms with Gasteiger partial charge in [-0.3, -0.25) is 14.6 Å². The smallest absolute Gasteiger partial charge is 0.255 e. The fourth-order valence-electron chi connectivity index (χ4n) is 5.50. The number of carbonyl (C=O) groups is 1. The van der Waals surface area contributed by atoms with Crippen molar-refractivity contribution >= 4 is 17.1 Å². The molecule has 0 aromatic carbocycles. The van der Waals surface area contributed by atoms with E-state index in [1.54, 1.807) is 11.0 Å². The van der Waals surface area contributed by atoms with Gasteiger partial charge in [-0.1, -0.05) is 25.5 Å². The Morgan fingerprint density at radius 3 is 2.57 bits per heavy atom. The molecule has 2 aromatic heterocycles. The molecule has 6 nitrogen and oxygen atoms in total. The molecule has 0 radical (unpaired) electrons. The summed E-state index contributed by atoms with van der Waals surface area (Å²) in [6.45, 7) is 8.39. The van der Waals surface area contributed by atoms with Crippen molar-refractivity contribution in [3.8, 4) is 0 Å². The maximum atomic E-state index is 13.5. The van der Waals surface area contributed by atoms with Crippen LogP contribution in [0.1, 0.15) is 43.0 Å². The number of aromatic nitrogens is 2. The lowest BCUT2D eigenvalue weighted by atomic mass is 9.91. The van der Waals surface area contributed by atoms with Crippen molar-refractivity contribution in [1.82, 2.24) is 24.1 Å². The molecule has 35 heavy (non-hydrogen) atoms. The number of carbonyl (C=O) groups excluding carboxylic acids is 1. The van der Waals surface area contributed by atoms with Gasteiger partial charge in [-0.15, -0.1) is 0 Å². The van der Waals surface area contributed by atoms with Crippen LogP contribution >= 0.6 is 0 Å². The number of hydrogen-bond acceptors (Lipinski definition) is 4. The molecule has 1 aliphatic carbocycles. The fourth-order valence-corrected chi connectivity index (χ4v) is 5.50. The number of allylic oxidation sites excluding steroid dienone is 6. The Labute approximate surface area is 207 Å². The number of nitrogens with zero attached hydrogens (tertiary/aromatic N) is 5. The van der Waals surface area contributed by atoms with Crippen molar-refractivity contribution in [3.63, 3.8) is 0 Å². The minimum atomic E-state index is -0.0227. The molecule has 0 atom stereocenters. The Morgan fingerprint density at radius 1 is 1.03 bits per heavy atom. The van der Waals surface area contributed by atoms with E-state index in [-0.39, 0.29) is 5.91 Å². The SMILES string of the molecule is CCc1cc(C2=C\C(=O)N3C=C(N4CCN(C5CCC5)CC4)C=C\C3=C/C=C/2)cn2cc(C)nc12. The molecule has 2 fully saturated rings. The van der Waals surface area contributed by atoms with Crippen LogP contribution in [0.4, 0.5) is 0 Å². The fraction of sp³-hybridized carbons (Fsp3) is 0.379. The molecule has 1 saturated heterocycles. The van der Waals surface area contributed by atoms with Gasteiger partial charge in [0.15, 0.2) is 0 Å². The predicted octanol–water partition coefficient (Wildman–Crippen LogP) is 4.45. The maximum Gasteiger partial charge on any atom is 0.255 e. The molecule has 1 amide bonds. The van der Waals surface area contributed by atoms with E-state index in [2.05, 4.69) is 50.5 Å². The monoisotopic (exact) mass is 467 g/mol. The van der Waals surface area contributed by atoms with Gasteiger partial charge in [-0.25, -0.2) is 4.98 Å². The molecule has 6 heteroatoms. The number of aryl methyl sites for hydroxylation is 2. The minimum absolute atomic E-state index is 0.0227. The second-order valence-electron chi connectivity index (χ2n) is 9.97. The van der Waals surface area contributed by atoms with Crippen molar-refractivity contribution < 1.29 is 4.79 Å². The first-order chi connectivity index (χ1) is 17.1. The number of piperazine rings is 1. The predicted molar refractivity (Wildman–Crippen MR) is 139 cm³/mol. The lowest BCUT2D eigenvalue weighted by Crippen LogP contribution is -2.52. The largest absolute Gasteiger partial charge is 0.368 e. The van der Waals surface area contributed by atoms with Gasteiger partial charge in [0.25, 0.3) is 5.91 Å². The van der Waals surface area contributed by atoms with E-state index in [4.69, 9.17) is 0 Å². The van der Waals surface area contributed by atoms with Gasteiger partial charge in [-0.2, -0.15) is 0 Å². The molecule has 2 aromatic rings. The molecule has 5 heterocycles. The van der Waals surface area contributed by atoms with Gasteiger partial charge in [0.1, 0.15) is 5.65 Å². The van der Waals surface area contributed by atoms with Crippen molar-refractivity contribution in [1.29, 1.82) is 0 Å². The molecule has 1 saturated carbocycles.